The molecule has 0 spiro atoms. The Kier molecular flexibility index (Phi) is 5.10. The van der Waals surface area contributed by atoms with Gasteiger partial charge in [0.1, 0.15) is 11.5 Å². The average molecular weight is 385 g/mol. The Balaban J connectivity index is 1.69. The van der Waals surface area contributed by atoms with Crippen molar-refractivity contribution in [2.24, 2.45) is 0 Å². The predicted molar refractivity (Wildman–Crippen MR) is 118 cm³/mol. The summed E-state index contributed by atoms with van der Waals surface area (Å²) in [4.78, 5) is 23.0. The molecule has 6 heteroatoms. The Labute approximate surface area is 169 Å². The third-order valence-corrected chi connectivity index (χ3v) is 4.91. The lowest BCUT2D eigenvalue weighted by Gasteiger charge is -2.11. The van der Waals surface area contributed by atoms with Gasteiger partial charge in [0.2, 0.25) is 0 Å². The fraction of sp³-hybridized carbons (Fsp3) is 0.174. The first-order valence-corrected chi connectivity index (χ1v) is 9.48. The molecule has 0 radical (unpaired) electrons. The molecule has 0 aliphatic heterocycles. The molecule has 0 saturated heterocycles. The molecule has 0 bridgehead atoms. The number of hydrogen-bond donors (Lipinski definition) is 2. The highest BCUT2D eigenvalue weighted by atomic mass is 16.1. The number of nitrogens with two attached hydrogens (primary N) is 1. The van der Waals surface area contributed by atoms with Crippen molar-refractivity contribution in [2.75, 3.05) is 32.9 Å². The van der Waals surface area contributed by atoms with Crippen LogP contribution in [-0.4, -0.2) is 48.0 Å². The van der Waals surface area contributed by atoms with Crippen molar-refractivity contribution < 1.29 is 4.79 Å². The highest BCUT2D eigenvalue weighted by Crippen LogP contribution is 2.29. The maximum Gasteiger partial charge on any atom is 0.270 e. The predicted octanol–water partition coefficient (Wildman–Crippen LogP) is 3.32. The van der Waals surface area contributed by atoms with Crippen LogP contribution in [0.2, 0.25) is 0 Å². The number of rotatable bonds is 5. The van der Waals surface area contributed by atoms with Crippen molar-refractivity contribution in [1.82, 2.24) is 20.2 Å². The highest BCUT2D eigenvalue weighted by Gasteiger charge is 2.12. The van der Waals surface area contributed by atoms with Crippen LogP contribution >= 0.6 is 0 Å². The quantitative estimate of drug-likeness (QED) is 0.551. The van der Waals surface area contributed by atoms with E-state index in [1.807, 2.05) is 49.5 Å². The van der Waals surface area contributed by atoms with Gasteiger partial charge in [0.15, 0.2) is 0 Å². The van der Waals surface area contributed by atoms with Crippen LogP contribution in [-0.2, 0) is 0 Å². The third-order valence-electron chi connectivity index (χ3n) is 4.91. The number of nitrogens with zero attached hydrogens (tertiary/aromatic N) is 3. The van der Waals surface area contributed by atoms with Gasteiger partial charge in [0.25, 0.3) is 5.91 Å². The minimum Gasteiger partial charge on any atom is -0.383 e. The van der Waals surface area contributed by atoms with Gasteiger partial charge < -0.3 is 16.0 Å². The number of carbonyl (C=O) groups excluding carboxylic acids is 1. The largest absolute Gasteiger partial charge is 0.383 e. The summed E-state index contributed by atoms with van der Waals surface area (Å²) in [7, 11) is 3.92. The van der Waals surface area contributed by atoms with Crippen LogP contribution in [0.5, 0.6) is 0 Å². The first-order chi connectivity index (χ1) is 14.0. The van der Waals surface area contributed by atoms with E-state index in [2.05, 4.69) is 33.5 Å². The van der Waals surface area contributed by atoms with E-state index >= 15 is 0 Å². The molecule has 2 aromatic heterocycles. The van der Waals surface area contributed by atoms with Gasteiger partial charge >= 0.3 is 0 Å². The van der Waals surface area contributed by atoms with Gasteiger partial charge in [-0.15, -0.1) is 0 Å². The second-order valence-electron chi connectivity index (χ2n) is 7.33. The smallest absolute Gasteiger partial charge is 0.270 e. The van der Waals surface area contributed by atoms with Crippen molar-refractivity contribution in [1.29, 1.82) is 0 Å². The maximum atomic E-state index is 12.5. The number of nitrogen functional groups attached to an aromatic ring is 1. The zero-order chi connectivity index (χ0) is 20.4. The van der Waals surface area contributed by atoms with E-state index in [0.717, 1.165) is 39.2 Å². The molecule has 6 nitrogen and oxygen atoms in total. The van der Waals surface area contributed by atoms with E-state index in [1.54, 1.807) is 12.3 Å². The van der Waals surface area contributed by atoms with Gasteiger partial charge in [-0.3, -0.25) is 9.78 Å². The van der Waals surface area contributed by atoms with Gasteiger partial charge in [0, 0.05) is 36.3 Å². The fourth-order valence-electron chi connectivity index (χ4n) is 3.33. The summed E-state index contributed by atoms with van der Waals surface area (Å²) >= 11 is 0. The van der Waals surface area contributed by atoms with E-state index in [1.165, 1.54) is 0 Å². The van der Waals surface area contributed by atoms with E-state index in [0.29, 0.717) is 18.1 Å². The minimum atomic E-state index is -0.220. The first kappa shape index (κ1) is 18.8. The summed E-state index contributed by atoms with van der Waals surface area (Å²) in [5.41, 5.74) is 8.59. The molecule has 4 rings (SSSR count). The second kappa shape index (κ2) is 7.85. The topological polar surface area (TPSA) is 84.1 Å². The maximum absolute atomic E-state index is 12.5. The van der Waals surface area contributed by atoms with Gasteiger partial charge in [-0.25, -0.2) is 4.98 Å². The molecule has 0 unspecified atom stereocenters. The van der Waals surface area contributed by atoms with Crippen molar-refractivity contribution in [2.45, 2.75) is 0 Å². The summed E-state index contributed by atoms with van der Waals surface area (Å²) in [6, 6.07) is 16.1. The molecule has 3 N–H and O–H groups in total. The third kappa shape index (κ3) is 4.02. The zero-order valence-corrected chi connectivity index (χ0v) is 16.5. The van der Waals surface area contributed by atoms with Crippen LogP contribution in [0.4, 0.5) is 5.82 Å². The number of carbonyl (C=O) groups is 1. The fourth-order valence-corrected chi connectivity index (χ4v) is 3.33. The normalized spacial score (nSPS) is 11.3. The molecule has 0 saturated carbocycles. The van der Waals surface area contributed by atoms with Crippen LogP contribution in [0.25, 0.3) is 32.7 Å². The van der Waals surface area contributed by atoms with Crippen LogP contribution in [0.3, 0.4) is 0 Å². The van der Waals surface area contributed by atoms with Crippen LogP contribution < -0.4 is 11.1 Å². The van der Waals surface area contributed by atoms with E-state index in [4.69, 9.17) is 5.73 Å². The molecule has 146 valence electrons. The Morgan fingerprint density at radius 3 is 2.55 bits per heavy atom. The standard InChI is InChI=1S/C23H23N5O/c1-28(2)10-9-26-23(29)21-13-18-11-17(5-6-20(18)22(24)27-21)16-4-3-15-7-8-25-14-19(15)12-16/h3-8,11-14H,9-10H2,1-2H3,(H2,24,27)(H,26,29). The zero-order valence-electron chi connectivity index (χ0n) is 16.5. The number of aromatic nitrogens is 2. The van der Waals surface area contributed by atoms with Crippen LogP contribution in [0, 0.1) is 0 Å². The lowest BCUT2D eigenvalue weighted by atomic mass is 9.99. The van der Waals surface area contributed by atoms with E-state index < -0.39 is 0 Å². The van der Waals surface area contributed by atoms with Crippen molar-refractivity contribution in [3.63, 3.8) is 0 Å². The molecular weight excluding hydrogens is 362 g/mol. The molecule has 0 atom stereocenters. The molecule has 4 aromatic rings. The van der Waals surface area contributed by atoms with Gasteiger partial charge in [-0.1, -0.05) is 24.3 Å². The molecule has 2 heterocycles. The Morgan fingerprint density at radius 1 is 1.00 bits per heavy atom. The Bertz CT molecular complexity index is 1200. The summed E-state index contributed by atoms with van der Waals surface area (Å²) < 4.78 is 0. The summed E-state index contributed by atoms with van der Waals surface area (Å²) in [5, 5.41) is 6.84. The summed E-state index contributed by atoms with van der Waals surface area (Å²) in [5.74, 6) is 0.136. The molecule has 0 fully saturated rings. The summed E-state index contributed by atoms with van der Waals surface area (Å²) in [6.07, 6.45) is 3.65. The summed E-state index contributed by atoms with van der Waals surface area (Å²) in [6.45, 7) is 1.31. The molecule has 0 aliphatic carbocycles. The monoisotopic (exact) mass is 385 g/mol. The van der Waals surface area contributed by atoms with Gasteiger partial charge in [0.05, 0.1) is 0 Å². The van der Waals surface area contributed by atoms with Crippen molar-refractivity contribution >= 4 is 33.3 Å². The lowest BCUT2D eigenvalue weighted by molar-refractivity contribution is 0.0946. The van der Waals surface area contributed by atoms with Gasteiger partial charge in [-0.05, 0) is 60.3 Å². The number of likely N-dealkylation sites (N-methyl/N-ethyl adjacent to an activating group) is 1. The Morgan fingerprint density at radius 2 is 1.76 bits per heavy atom. The first-order valence-electron chi connectivity index (χ1n) is 9.48. The minimum absolute atomic E-state index is 0.220. The number of hydrogen-bond acceptors (Lipinski definition) is 5. The second-order valence-corrected chi connectivity index (χ2v) is 7.33. The highest BCUT2D eigenvalue weighted by molar-refractivity contribution is 6.01. The lowest BCUT2D eigenvalue weighted by Crippen LogP contribution is -2.31. The van der Waals surface area contributed by atoms with Crippen molar-refractivity contribution in [3.8, 4) is 11.1 Å². The van der Waals surface area contributed by atoms with Crippen molar-refractivity contribution in [3.05, 3.63) is 66.6 Å². The molecule has 29 heavy (non-hydrogen) atoms. The van der Waals surface area contributed by atoms with Crippen LogP contribution in [0.15, 0.2) is 60.9 Å². The molecule has 0 aliphatic rings. The van der Waals surface area contributed by atoms with Gasteiger partial charge in [-0.2, -0.15) is 0 Å². The van der Waals surface area contributed by atoms with E-state index in [9.17, 15) is 4.79 Å². The number of fused-ring (bicyclic) bond motifs is 2. The SMILES string of the molecule is CN(C)CCNC(=O)c1cc2cc(-c3ccc4ccncc4c3)ccc2c(N)n1. The number of amides is 1. The van der Waals surface area contributed by atoms with Crippen LogP contribution in [0.1, 0.15) is 10.5 Å². The number of pyridine rings is 2. The average Bonchev–Trinajstić information content (AvgIpc) is 2.72. The Hall–Kier alpha value is -3.51. The molecular formula is C23H23N5O. The number of benzene rings is 2. The molecule has 2 aromatic carbocycles. The van der Waals surface area contributed by atoms with E-state index in [-0.39, 0.29) is 5.91 Å². The molecule has 1 amide bonds. The number of nitrogens with one attached hydrogen (secondary N) is 1. The number of anilines is 1.